The van der Waals surface area contributed by atoms with Gasteiger partial charge in [-0.3, -0.25) is 0 Å². The number of rotatable bonds is 4. The van der Waals surface area contributed by atoms with Crippen molar-refractivity contribution in [3.05, 3.63) is 23.7 Å². The average Bonchev–Trinajstić information content (AvgIpc) is 2.73. The third kappa shape index (κ3) is 4.20. The Morgan fingerprint density at radius 1 is 1.53 bits per heavy atom. The van der Waals surface area contributed by atoms with E-state index < -0.39 is 12.1 Å². The first kappa shape index (κ1) is 13.7. The maximum absolute atomic E-state index is 11.2. The van der Waals surface area contributed by atoms with E-state index in [0.717, 1.165) is 0 Å². The minimum absolute atomic E-state index is 0.0846. The van der Waals surface area contributed by atoms with E-state index in [1.807, 2.05) is 20.8 Å². The second kappa shape index (κ2) is 5.33. The molecule has 0 aliphatic heterocycles. The zero-order chi connectivity index (χ0) is 13.1. The van der Waals surface area contributed by atoms with Crippen LogP contribution >= 0.6 is 0 Å². The molecular formula is C12H19NO4. The molecule has 1 unspecified atom stereocenters. The maximum atomic E-state index is 11.2. The van der Waals surface area contributed by atoms with Crippen molar-refractivity contribution >= 4 is 5.97 Å². The molecule has 17 heavy (non-hydrogen) atoms. The minimum Gasteiger partial charge on any atom is -0.463 e. The van der Waals surface area contributed by atoms with Gasteiger partial charge in [-0.15, -0.1) is 0 Å². The van der Waals surface area contributed by atoms with E-state index in [0.29, 0.717) is 12.3 Å². The van der Waals surface area contributed by atoms with Gasteiger partial charge < -0.3 is 19.6 Å². The van der Waals surface area contributed by atoms with Crippen molar-refractivity contribution in [2.45, 2.75) is 32.4 Å². The van der Waals surface area contributed by atoms with Crippen molar-refractivity contribution in [2.75, 3.05) is 13.7 Å². The fraction of sp³-hybridized carbons (Fsp3) is 0.583. The lowest BCUT2D eigenvalue weighted by molar-refractivity contribution is 0.0553. The van der Waals surface area contributed by atoms with Crippen LogP contribution in [0.5, 0.6) is 0 Å². The third-order valence-corrected chi connectivity index (χ3v) is 2.17. The number of aliphatic hydroxyl groups excluding tert-OH is 1. The molecule has 96 valence electrons. The predicted molar refractivity (Wildman–Crippen MR) is 62.8 cm³/mol. The Hall–Kier alpha value is -1.33. The first-order valence-electron chi connectivity index (χ1n) is 5.44. The van der Waals surface area contributed by atoms with Crippen molar-refractivity contribution in [3.63, 3.8) is 0 Å². The summed E-state index contributed by atoms with van der Waals surface area (Å²) in [6.07, 6.45) is -0.785. The Labute approximate surface area is 101 Å². The van der Waals surface area contributed by atoms with Crippen LogP contribution in [0, 0.1) is 0 Å². The Kier molecular flexibility index (Phi) is 4.31. The highest BCUT2D eigenvalue weighted by atomic mass is 16.5. The van der Waals surface area contributed by atoms with Gasteiger partial charge in [0.25, 0.3) is 0 Å². The van der Waals surface area contributed by atoms with E-state index in [4.69, 9.17) is 4.42 Å². The second-order valence-corrected chi connectivity index (χ2v) is 4.84. The van der Waals surface area contributed by atoms with Gasteiger partial charge in [-0.05, 0) is 32.9 Å². The van der Waals surface area contributed by atoms with Crippen molar-refractivity contribution in [3.8, 4) is 0 Å². The summed E-state index contributed by atoms with van der Waals surface area (Å²) >= 11 is 0. The van der Waals surface area contributed by atoms with Crippen molar-refractivity contribution in [1.29, 1.82) is 0 Å². The van der Waals surface area contributed by atoms with E-state index in [2.05, 4.69) is 10.1 Å². The van der Waals surface area contributed by atoms with E-state index in [-0.39, 0.29) is 11.3 Å². The lowest BCUT2D eigenvalue weighted by atomic mass is 10.1. The monoisotopic (exact) mass is 241 g/mol. The molecule has 0 spiro atoms. The molecule has 5 heteroatoms. The van der Waals surface area contributed by atoms with Gasteiger partial charge in [0.05, 0.1) is 7.11 Å². The highest BCUT2D eigenvalue weighted by Crippen LogP contribution is 2.17. The summed E-state index contributed by atoms with van der Waals surface area (Å²) in [5.74, 6) is -0.105. The quantitative estimate of drug-likeness (QED) is 0.781. The lowest BCUT2D eigenvalue weighted by Crippen LogP contribution is -2.38. The lowest BCUT2D eigenvalue weighted by Gasteiger charge is -2.22. The van der Waals surface area contributed by atoms with E-state index >= 15 is 0 Å². The predicted octanol–water partition coefficient (Wildman–Crippen LogP) is 1.49. The molecule has 2 N–H and O–H groups in total. The normalized spacial score (nSPS) is 13.5. The number of hydrogen-bond acceptors (Lipinski definition) is 5. The number of nitrogens with one attached hydrogen (secondary N) is 1. The summed E-state index contributed by atoms with van der Waals surface area (Å²) in [6, 6.07) is 3.06. The molecule has 1 aromatic rings. The van der Waals surface area contributed by atoms with Gasteiger partial charge in [-0.2, -0.15) is 0 Å². The molecule has 1 rings (SSSR count). The molecule has 0 aromatic carbocycles. The number of carbonyl (C=O) groups excluding carboxylic acids is 1. The van der Waals surface area contributed by atoms with Crippen LogP contribution in [0.1, 0.15) is 43.2 Å². The second-order valence-electron chi connectivity index (χ2n) is 4.84. The van der Waals surface area contributed by atoms with Crippen LogP contribution in [0.2, 0.25) is 0 Å². The summed E-state index contributed by atoms with van der Waals surface area (Å²) in [6.45, 7) is 6.36. The van der Waals surface area contributed by atoms with Gasteiger partial charge in [0, 0.05) is 12.1 Å². The smallest absolute Gasteiger partial charge is 0.373 e. The van der Waals surface area contributed by atoms with E-state index in [9.17, 15) is 9.90 Å². The topological polar surface area (TPSA) is 71.7 Å². The van der Waals surface area contributed by atoms with Gasteiger partial charge >= 0.3 is 5.97 Å². The molecule has 0 saturated carbocycles. The fourth-order valence-corrected chi connectivity index (χ4v) is 1.25. The molecule has 0 bridgehead atoms. The molecule has 0 saturated heterocycles. The van der Waals surface area contributed by atoms with Crippen molar-refractivity contribution in [1.82, 2.24) is 5.32 Å². The number of β-amino-alcohol motifs (C(OH)–C–C–N with tert-alkyl or cyclic N) is 1. The molecule has 0 amide bonds. The van der Waals surface area contributed by atoms with Gasteiger partial charge in [-0.1, -0.05) is 0 Å². The average molecular weight is 241 g/mol. The Balaban J connectivity index is 2.61. The molecule has 1 atom stereocenters. The largest absolute Gasteiger partial charge is 0.463 e. The maximum Gasteiger partial charge on any atom is 0.373 e. The molecule has 0 radical (unpaired) electrons. The van der Waals surface area contributed by atoms with Crippen LogP contribution < -0.4 is 5.32 Å². The number of hydrogen-bond donors (Lipinski definition) is 2. The number of aliphatic hydroxyl groups is 1. The Bertz CT molecular complexity index is 378. The summed E-state index contributed by atoms with van der Waals surface area (Å²) in [5, 5.41) is 13.0. The van der Waals surface area contributed by atoms with Crippen LogP contribution in [-0.2, 0) is 4.74 Å². The van der Waals surface area contributed by atoms with Crippen molar-refractivity contribution in [2.24, 2.45) is 0 Å². The SMILES string of the molecule is COC(=O)c1ccc(C(O)CNC(C)(C)C)o1. The molecule has 0 aliphatic rings. The van der Waals surface area contributed by atoms with E-state index in [1.54, 1.807) is 6.07 Å². The summed E-state index contributed by atoms with van der Waals surface area (Å²) in [5.41, 5.74) is -0.0846. The number of methoxy groups -OCH3 is 1. The van der Waals surface area contributed by atoms with Crippen LogP contribution in [0.15, 0.2) is 16.5 Å². The highest BCUT2D eigenvalue weighted by Gasteiger charge is 2.18. The zero-order valence-corrected chi connectivity index (χ0v) is 10.6. The first-order chi connectivity index (χ1) is 7.83. The van der Waals surface area contributed by atoms with Crippen LogP contribution in [-0.4, -0.2) is 30.3 Å². The third-order valence-electron chi connectivity index (χ3n) is 2.17. The number of ether oxygens (including phenoxy) is 1. The number of furan rings is 1. The zero-order valence-electron chi connectivity index (χ0n) is 10.6. The molecule has 1 aromatic heterocycles. The Morgan fingerprint density at radius 3 is 2.71 bits per heavy atom. The van der Waals surface area contributed by atoms with Gasteiger partial charge in [0.1, 0.15) is 11.9 Å². The summed E-state index contributed by atoms with van der Waals surface area (Å²) in [4.78, 5) is 11.2. The summed E-state index contributed by atoms with van der Waals surface area (Å²) in [7, 11) is 1.28. The summed E-state index contributed by atoms with van der Waals surface area (Å²) < 4.78 is 9.71. The highest BCUT2D eigenvalue weighted by molar-refractivity contribution is 5.86. The van der Waals surface area contributed by atoms with Crippen LogP contribution in [0.25, 0.3) is 0 Å². The number of esters is 1. The van der Waals surface area contributed by atoms with Gasteiger partial charge in [0.2, 0.25) is 5.76 Å². The fourth-order valence-electron chi connectivity index (χ4n) is 1.25. The molecule has 5 nitrogen and oxygen atoms in total. The van der Waals surface area contributed by atoms with Crippen molar-refractivity contribution < 1.29 is 19.1 Å². The molecule has 0 aliphatic carbocycles. The van der Waals surface area contributed by atoms with Crippen LogP contribution in [0.3, 0.4) is 0 Å². The molecule has 0 fully saturated rings. The van der Waals surface area contributed by atoms with Crippen LogP contribution in [0.4, 0.5) is 0 Å². The molecule has 1 heterocycles. The minimum atomic E-state index is -0.785. The molecular weight excluding hydrogens is 222 g/mol. The Morgan fingerprint density at radius 2 is 2.18 bits per heavy atom. The first-order valence-corrected chi connectivity index (χ1v) is 5.44. The van der Waals surface area contributed by atoms with E-state index in [1.165, 1.54) is 13.2 Å². The number of carbonyl (C=O) groups is 1. The standard InChI is InChI=1S/C12H19NO4/c1-12(2,3)13-7-8(14)9-5-6-10(17-9)11(15)16-4/h5-6,8,13-14H,7H2,1-4H3. The van der Waals surface area contributed by atoms with Gasteiger partial charge in [-0.25, -0.2) is 4.79 Å². The van der Waals surface area contributed by atoms with Gasteiger partial charge in [0.15, 0.2) is 0 Å².